The lowest BCUT2D eigenvalue weighted by atomic mass is 10.1. The lowest BCUT2D eigenvalue weighted by Gasteiger charge is -2.25. The van der Waals surface area contributed by atoms with Gasteiger partial charge in [0.15, 0.2) is 0 Å². The summed E-state index contributed by atoms with van der Waals surface area (Å²) in [5.74, 6) is 0.444. The fourth-order valence-corrected chi connectivity index (χ4v) is 2.16. The van der Waals surface area contributed by atoms with Gasteiger partial charge in [-0.05, 0) is 24.1 Å². The summed E-state index contributed by atoms with van der Waals surface area (Å²) in [7, 11) is 0. The Morgan fingerprint density at radius 3 is 2.89 bits per heavy atom. The van der Waals surface area contributed by atoms with E-state index in [1.165, 1.54) is 5.56 Å². The SMILES string of the molecule is CCCc1cccc(OC(=O)CN2CCOCC2)c1. The van der Waals surface area contributed by atoms with E-state index in [0.717, 1.165) is 25.9 Å². The fourth-order valence-electron chi connectivity index (χ4n) is 2.16. The van der Waals surface area contributed by atoms with Crippen LogP contribution in [0.15, 0.2) is 24.3 Å². The Morgan fingerprint density at radius 1 is 1.37 bits per heavy atom. The standard InChI is InChI=1S/C15H21NO3/c1-2-4-13-5-3-6-14(11-13)19-15(17)12-16-7-9-18-10-8-16/h3,5-6,11H,2,4,7-10,12H2,1H3. The molecule has 0 aromatic heterocycles. The van der Waals surface area contributed by atoms with Gasteiger partial charge >= 0.3 is 5.97 Å². The summed E-state index contributed by atoms with van der Waals surface area (Å²) < 4.78 is 10.6. The molecule has 2 rings (SSSR count). The molecule has 0 saturated carbocycles. The maximum Gasteiger partial charge on any atom is 0.325 e. The van der Waals surface area contributed by atoms with Crippen LogP contribution in [0, 0.1) is 0 Å². The highest BCUT2D eigenvalue weighted by Crippen LogP contribution is 2.15. The Morgan fingerprint density at radius 2 is 2.16 bits per heavy atom. The van der Waals surface area contributed by atoms with E-state index < -0.39 is 0 Å². The number of hydrogen-bond acceptors (Lipinski definition) is 4. The molecule has 104 valence electrons. The van der Waals surface area contributed by atoms with Crippen molar-refractivity contribution in [1.82, 2.24) is 4.90 Å². The minimum absolute atomic E-state index is 0.199. The van der Waals surface area contributed by atoms with Gasteiger partial charge in [0.25, 0.3) is 0 Å². The molecule has 1 aliphatic rings. The van der Waals surface area contributed by atoms with Crippen molar-refractivity contribution in [3.05, 3.63) is 29.8 Å². The summed E-state index contributed by atoms with van der Waals surface area (Å²) in [5.41, 5.74) is 1.21. The normalized spacial score (nSPS) is 16.3. The molecule has 1 aromatic carbocycles. The van der Waals surface area contributed by atoms with Crippen molar-refractivity contribution in [2.24, 2.45) is 0 Å². The van der Waals surface area contributed by atoms with Gasteiger partial charge < -0.3 is 9.47 Å². The Bertz CT molecular complexity index is 414. The molecule has 0 N–H and O–H groups in total. The lowest BCUT2D eigenvalue weighted by Crippen LogP contribution is -2.40. The third-order valence-electron chi connectivity index (χ3n) is 3.13. The average molecular weight is 263 g/mol. The van der Waals surface area contributed by atoms with Gasteiger partial charge in [0, 0.05) is 13.1 Å². The van der Waals surface area contributed by atoms with Crippen molar-refractivity contribution in [1.29, 1.82) is 0 Å². The molecule has 0 bridgehead atoms. The number of benzene rings is 1. The van der Waals surface area contributed by atoms with Crippen LogP contribution in [0.25, 0.3) is 0 Å². The largest absolute Gasteiger partial charge is 0.426 e. The fraction of sp³-hybridized carbons (Fsp3) is 0.533. The van der Waals surface area contributed by atoms with E-state index in [1.54, 1.807) is 0 Å². The van der Waals surface area contributed by atoms with Gasteiger partial charge in [-0.25, -0.2) is 0 Å². The molecule has 1 saturated heterocycles. The molecule has 1 aromatic rings. The molecule has 0 radical (unpaired) electrons. The first-order chi connectivity index (χ1) is 9.28. The molecule has 4 heteroatoms. The van der Waals surface area contributed by atoms with E-state index in [2.05, 4.69) is 17.9 Å². The highest BCUT2D eigenvalue weighted by atomic mass is 16.5. The van der Waals surface area contributed by atoms with Gasteiger partial charge in [-0.2, -0.15) is 0 Å². The Labute approximate surface area is 114 Å². The molecule has 4 nitrogen and oxygen atoms in total. The van der Waals surface area contributed by atoms with Crippen molar-refractivity contribution in [3.63, 3.8) is 0 Å². The van der Waals surface area contributed by atoms with Crippen LogP contribution in [-0.2, 0) is 16.0 Å². The Hall–Kier alpha value is -1.39. The van der Waals surface area contributed by atoms with Gasteiger partial charge in [-0.3, -0.25) is 9.69 Å². The summed E-state index contributed by atoms with van der Waals surface area (Å²) in [4.78, 5) is 13.9. The zero-order chi connectivity index (χ0) is 13.5. The smallest absolute Gasteiger partial charge is 0.325 e. The quantitative estimate of drug-likeness (QED) is 0.600. The Balaban J connectivity index is 1.85. The zero-order valence-electron chi connectivity index (χ0n) is 11.4. The van der Waals surface area contributed by atoms with Crippen LogP contribution < -0.4 is 4.74 Å². The van der Waals surface area contributed by atoms with E-state index in [4.69, 9.17) is 9.47 Å². The second-order valence-corrected chi connectivity index (χ2v) is 4.76. The molecular formula is C15H21NO3. The first kappa shape index (κ1) is 14.0. The van der Waals surface area contributed by atoms with Crippen LogP contribution in [0.2, 0.25) is 0 Å². The first-order valence-corrected chi connectivity index (χ1v) is 6.87. The highest BCUT2D eigenvalue weighted by Gasteiger charge is 2.15. The molecule has 1 fully saturated rings. The minimum atomic E-state index is -0.199. The number of esters is 1. The number of morpholine rings is 1. The number of nitrogens with zero attached hydrogens (tertiary/aromatic N) is 1. The van der Waals surface area contributed by atoms with E-state index in [-0.39, 0.29) is 5.97 Å². The number of carbonyl (C=O) groups is 1. The van der Waals surface area contributed by atoms with Crippen molar-refractivity contribution in [3.8, 4) is 5.75 Å². The number of ether oxygens (including phenoxy) is 2. The number of rotatable bonds is 5. The minimum Gasteiger partial charge on any atom is -0.426 e. The van der Waals surface area contributed by atoms with Crippen LogP contribution in [0.4, 0.5) is 0 Å². The van der Waals surface area contributed by atoms with Gasteiger partial charge in [0.2, 0.25) is 0 Å². The van der Waals surface area contributed by atoms with Gasteiger partial charge in [-0.1, -0.05) is 25.5 Å². The van der Waals surface area contributed by atoms with Gasteiger partial charge in [0.1, 0.15) is 5.75 Å². The summed E-state index contributed by atoms with van der Waals surface area (Å²) in [6.07, 6.45) is 2.10. The first-order valence-electron chi connectivity index (χ1n) is 6.87. The maximum absolute atomic E-state index is 11.8. The number of hydrogen-bond donors (Lipinski definition) is 0. The van der Waals surface area contributed by atoms with E-state index in [0.29, 0.717) is 25.5 Å². The van der Waals surface area contributed by atoms with Crippen LogP contribution in [-0.4, -0.2) is 43.7 Å². The monoisotopic (exact) mass is 263 g/mol. The molecule has 0 amide bonds. The molecule has 0 aliphatic carbocycles. The van der Waals surface area contributed by atoms with E-state index in [1.807, 2.05) is 18.2 Å². The molecule has 1 heterocycles. The van der Waals surface area contributed by atoms with Crippen LogP contribution in [0.1, 0.15) is 18.9 Å². The molecule has 0 unspecified atom stereocenters. The van der Waals surface area contributed by atoms with Crippen molar-refractivity contribution < 1.29 is 14.3 Å². The lowest BCUT2D eigenvalue weighted by molar-refractivity contribution is -0.136. The third kappa shape index (κ3) is 4.65. The second kappa shape index (κ2) is 7.26. The zero-order valence-corrected chi connectivity index (χ0v) is 11.4. The maximum atomic E-state index is 11.8. The number of carbonyl (C=O) groups excluding carboxylic acids is 1. The molecule has 0 spiro atoms. The van der Waals surface area contributed by atoms with Crippen LogP contribution >= 0.6 is 0 Å². The van der Waals surface area contributed by atoms with Crippen molar-refractivity contribution in [2.45, 2.75) is 19.8 Å². The summed E-state index contributed by atoms with van der Waals surface area (Å²) in [6.45, 7) is 5.45. The third-order valence-corrected chi connectivity index (χ3v) is 3.13. The topological polar surface area (TPSA) is 38.8 Å². The molecular weight excluding hydrogens is 242 g/mol. The number of aryl methyl sites for hydroxylation is 1. The Kier molecular flexibility index (Phi) is 5.36. The highest BCUT2D eigenvalue weighted by molar-refractivity contribution is 5.74. The molecule has 1 aliphatic heterocycles. The van der Waals surface area contributed by atoms with E-state index in [9.17, 15) is 4.79 Å². The van der Waals surface area contributed by atoms with Crippen molar-refractivity contribution >= 4 is 5.97 Å². The summed E-state index contributed by atoms with van der Waals surface area (Å²) in [6, 6.07) is 7.77. The second-order valence-electron chi connectivity index (χ2n) is 4.76. The predicted octanol–water partition coefficient (Wildman–Crippen LogP) is 1.88. The van der Waals surface area contributed by atoms with Gasteiger partial charge in [-0.15, -0.1) is 0 Å². The van der Waals surface area contributed by atoms with Crippen LogP contribution in [0.3, 0.4) is 0 Å². The van der Waals surface area contributed by atoms with Crippen LogP contribution in [0.5, 0.6) is 5.75 Å². The van der Waals surface area contributed by atoms with E-state index >= 15 is 0 Å². The van der Waals surface area contributed by atoms with Crippen molar-refractivity contribution in [2.75, 3.05) is 32.8 Å². The molecule has 19 heavy (non-hydrogen) atoms. The average Bonchev–Trinajstić information content (AvgIpc) is 2.40. The summed E-state index contributed by atoms with van der Waals surface area (Å²) >= 11 is 0. The summed E-state index contributed by atoms with van der Waals surface area (Å²) in [5, 5.41) is 0. The predicted molar refractivity (Wildman–Crippen MR) is 73.3 cm³/mol. The van der Waals surface area contributed by atoms with Gasteiger partial charge in [0.05, 0.1) is 19.8 Å². The molecule has 0 atom stereocenters.